The van der Waals surface area contributed by atoms with Crippen molar-refractivity contribution in [1.29, 1.82) is 0 Å². The van der Waals surface area contributed by atoms with Crippen LogP contribution in [0.1, 0.15) is 37.8 Å². The minimum Gasteiger partial charge on any atom is -0.490 e. The van der Waals surface area contributed by atoms with Crippen molar-refractivity contribution in [2.75, 3.05) is 6.61 Å². The molecule has 0 atom stereocenters. The maximum Gasteiger partial charge on any atom is 0.123 e. The van der Waals surface area contributed by atoms with Crippen LogP contribution in [0.2, 0.25) is 0 Å². The number of benzene rings is 1. The van der Waals surface area contributed by atoms with Gasteiger partial charge in [-0.15, -0.1) is 0 Å². The molecule has 0 radical (unpaired) electrons. The van der Waals surface area contributed by atoms with Crippen LogP contribution in [0, 0.1) is 0 Å². The second-order valence-corrected chi connectivity index (χ2v) is 5.28. The molecule has 0 amide bonds. The van der Waals surface area contributed by atoms with Crippen molar-refractivity contribution >= 4 is 5.71 Å². The Morgan fingerprint density at radius 1 is 1.33 bits per heavy atom. The molecule has 0 fully saturated rings. The molecule has 0 heterocycles. The molecule has 1 aliphatic carbocycles. The summed E-state index contributed by atoms with van der Waals surface area (Å²) in [5.41, 5.74) is 1.88. The Morgan fingerprint density at radius 2 is 2.11 bits per heavy atom. The van der Waals surface area contributed by atoms with Gasteiger partial charge in [0.2, 0.25) is 0 Å². The summed E-state index contributed by atoms with van der Waals surface area (Å²) in [4.78, 5) is 0. The van der Waals surface area contributed by atoms with E-state index in [2.05, 4.69) is 5.16 Å². The van der Waals surface area contributed by atoms with E-state index in [4.69, 9.17) is 9.94 Å². The van der Waals surface area contributed by atoms with E-state index in [1.807, 2.05) is 18.2 Å². The van der Waals surface area contributed by atoms with E-state index in [0.717, 1.165) is 36.1 Å². The second kappa shape index (κ2) is 4.98. The number of hydrogen-bond acceptors (Lipinski definition) is 4. The predicted octanol–water partition coefficient (Wildman–Crippen LogP) is 2.35. The summed E-state index contributed by atoms with van der Waals surface area (Å²) in [6.45, 7) is 3.67. The first-order valence-corrected chi connectivity index (χ1v) is 6.19. The Morgan fingerprint density at radius 3 is 2.78 bits per heavy atom. The fourth-order valence-corrected chi connectivity index (χ4v) is 2.15. The SMILES string of the molecule is CC(C)(O)COc1cccc2c1CCCC2=NO. The largest absolute Gasteiger partial charge is 0.490 e. The normalized spacial score (nSPS) is 17.6. The predicted molar refractivity (Wildman–Crippen MR) is 69.5 cm³/mol. The van der Waals surface area contributed by atoms with Crippen LogP contribution in [-0.4, -0.2) is 28.2 Å². The smallest absolute Gasteiger partial charge is 0.123 e. The standard InChI is InChI=1S/C14H19NO3/c1-14(2,16)9-18-13-8-4-5-10-11(13)6-3-7-12(10)15-17/h4-5,8,16-17H,3,6-7,9H2,1-2H3. The lowest BCUT2D eigenvalue weighted by atomic mass is 9.89. The van der Waals surface area contributed by atoms with E-state index in [-0.39, 0.29) is 6.61 Å². The van der Waals surface area contributed by atoms with Crippen LogP contribution >= 0.6 is 0 Å². The Hall–Kier alpha value is -1.55. The zero-order valence-corrected chi connectivity index (χ0v) is 10.8. The van der Waals surface area contributed by atoms with E-state index in [1.54, 1.807) is 13.8 Å². The van der Waals surface area contributed by atoms with Crippen LogP contribution < -0.4 is 4.74 Å². The van der Waals surface area contributed by atoms with Gasteiger partial charge in [0.1, 0.15) is 12.4 Å². The van der Waals surface area contributed by atoms with Gasteiger partial charge in [-0.05, 0) is 39.2 Å². The molecule has 0 spiro atoms. The molecule has 4 heteroatoms. The van der Waals surface area contributed by atoms with Gasteiger partial charge < -0.3 is 15.1 Å². The van der Waals surface area contributed by atoms with Crippen molar-refractivity contribution in [3.63, 3.8) is 0 Å². The number of oxime groups is 1. The third-order valence-electron chi connectivity index (χ3n) is 2.99. The van der Waals surface area contributed by atoms with Crippen molar-refractivity contribution in [2.45, 2.75) is 38.7 Å². The van der Waals surface area contributed by atoms with Gasteiger partial charge in [0.15, 0.2) is 0 Å². The fourth-order valence-electron chi connectivity index (χ4n) is 2.15. The van der Waals surface area contributed by atoms with Gasteiger partial charge in [-0.25, -0.2) is 0 Å². The highest BCUT2D eigenvalue weighted by Crippen LogP contribution is 2.30. The summed E-state index contributed by atoms with van der Waals surface area (Å²) < 4.78 is 5.68. The van der Waals surface area contributed by atoms with Crippen LogP contribution in [0.3, 0.4) is 0 Å². The Bertz CT molecular complexity index is 461. The van der Waals surface area contributed by atoms with E-state index >= 15 is 0 Å². The molecule has 1 aromatic carbocycles. The van der Waals surface area contributed by atoms with Crippen LogP contribution in [-0.2, 0) is 6.42 Å². The highest BCUT2D eigenvalue weighted by atomic mass is 16.5. The lowest BCUT2D eigenvalue weighted by molar-refractivity contribution is 0.0281. The van der Waals surface area contributed by atoms with Crippen LogP contribution in [0.5, 0.6) is 5.75 Å². The first kappa shape index (κ1) is 12.9. The minimum absolute atomic E-state index is 0.245. The van der Waals surface area contributed by atoms with Gasteiger partial charge >= 0.3 is 0 Å². The maximum absolute atomic E-state index is 9.69. The first-order chi connectivity index (χ1) is 8.51. The van der Waals surface area contributed by atoms with Gasteiger partial charge in [0.25, 0.3) is 0 Å². The zero-order valence-electron chi connectivity index (χ0n) is 10.8. The molecule has 0 unspecified atom stereocenters. The Labute approximate surface area is 107 Å². The van der Waals surface area contributed by atoms with Gasteiger partial charge in [-0.1, -0.05) is 17.3 Å². The van der Waals surface area contributed by atoms with Gasteiger partial charge in [-0.2, -0.15) is 0 Å². The van der Waals surface area contributed by atoms with Crippen molar-refractivity contribution in [2.24, 2.45) is 5.16 Å². The second-order valence-electron chi connectivity index (χ2n) is 5.28. The first-order valence-electron chi connectivity index (χ1n) is 6.19. The third kappa shape index (κ3) is 2.82. The third-order valence-corrected chi connectivity index (χ3v) is 2.99. The van der Waals surface area contributed by atoms with Crippen LogP contribution in [0.25, 0.3) is 0 Å². The molecule has 1 aromatic rings. The molecule has 18 heavy (non-hydrogen) atoms. The summed E-state index contributed by atoms with van der Waals surface area (Å²) in [7, 11) is 0. The van der Waals surface area contributed by atoms with Gasteiger partial charge in [0.05, 0.1) is 11.3 Å². The van der Waals surface area contributed by atoms with E-state index in [9.17, 15) is 5.11 Å². The highest BCUT2D eigenvalue weighted by Gasteiger charge is 2.21. The van der Waals surface area contributed by atoms with Crippen molar-refractivity contribution in [3.05, 3.63) is 29.3 Å². The zero-order chi connectivity index (χ0) is 13.2. The van der Waals surface area contributed by atoms with Crippen molar-refractivity contribution < 1.29 is 15.1 Å². The maximum atomic E-state index is 9.69. The number of aliphatic hydroxyl groups is 1. The summed E-state index contributed by atoms with van der Waals surface area (Å²) in [6.07, 6.45) is 2.66. The fraction of sp³-hybridized carbons (Fsp3) is 0.500. The molecule has 0 saturated heterocycles. The summed E-state index contributed by atoms with van der Waals surface area (Å²) in [5, 5.41) is 22.0. The lowest BCUT2D eigenvalue weighted by Crippen LogP contribution is -2.28. The quantitative estimate of drug-likeness (QED) is 0.638. The van der Waals surface area contributed by atoms with Crippen LogP contribution in [0.15, 0.2) is 23.4 Å². The summed E-state index contributed by atoms with van der Waals surface area (Å²) >= 11 is 0. The lowest BCUT2D eigenvalue weighted by Gasteiger charge is -2.23. The van der Waals surface area contributed by atoms with E-state index < -0.39 is 5.60 Å². The summed E-state index contributed by atoms with van der Waals surface area (Å²) in [5.74, 6) is 0.774. The highest BCUT2D eigenvalue weighted by molar-refractivity contribution is 6.02. The molecule has 4 nitrogen and oxygen atoms in total. The number of ether oxygens (including phenoxy) is 1. The monoisotopic (exact) mass is 249 g/mol. The van der Waals surface area contributed by atoms with Gasteiger partial charge in [-0.3, -0.25) is 0 Å². The van der Waals surface area contributed by atoms with Crippen LogP contribution in [0.4, 0.5) is 0 Å². The molecule has 2 rings (SSSR count). The molecule has 2 N–H and O–H groups in total. The molecule has 0 bridgehead atoms. The molecule has 98 valence electrons. The molecular formula is C14H19NO3. The van der Waals surface area contributed by atoms with E-state index in [0.29, 0.717) is 5.71 Å². The number of fused-ring (bicyclic) bond motifs is 1. The molecular weight excluding hydrogens is 230 g/mol. The average molecular weight is 249 g/mol. The summed E-state index contributed by atoms with van der Waals surface area (Å²) in [6, 6.07) is 5.72. The van der Waals surface area contributed by atoms with Crippen molar-refractivity contribution in [1.82, 2.24) is 0 Å². The average Bonchev–Trinajstić information content (AvgIpc) is 2.34. The Balaban J connectivity index is 2.28. The molecule has 0 aromatic heterocycles. The minimum atomic E-state index is -0.856. The number of rotatable bonds is 3. The molecule has 0 aliphatic heterocycles. The molecule has 1 aliphatic rings. The number of hydrogen-bond donors (Lipinski definition) is 2. The van der Waals surface area contributed by atoms with E-state index in [1.165, 1.54) is 0 Å². The topological polar surface area (TPSA) is 62.0 Å². The Kier molecular flexibility index (Phi) is 3.57. The van der Waals surface area contributed by atoms with Crippen molar-refractivity contribution in [3.8, 4) is 5.75 Å². The van der Waals surface area contributed by atoms with Gasteiger partial charge in [0, 0.05) is 11.1 Å². The number of nitrogens with zero attached hydrogens (tertiary/aromatic N) is 1. The molecule has 0 saturated carbocycles.